The molecule has 2 nitrogen and oxygen atoms in total. The number of hydrogen-bond acceptors (Lipinski definition) is 3. The van der Waals surface area contributed by atoms with Gasteiger partial charge in [0, 0.05) is 21.3 Å². The Labute approximate surface area is 98.0 Å². The second-order valence-electron chi connectivity index (χ2n) is 3.54. The number of halogens is 1. The number of rotatable bonds is 6. The lowest BCUT2D eigenvalue weighted by molar-refractivity contribution is 0.488. The van der Waals surface area contributed by atoms with E-state index in [2.05, 4.69) is 39.6 Å². The van der Waals surface area contributed by atoms with Gasteiger partial charge in [0.25, 0.3) is 0 Å². The highest BCUT2D eigenvalue weighted by molar-refractivity contribution is 9.10. The Morgan fingerprint density at radius 3 is 3.00 bits per heavy atom. The molecule has 0 radical (unpaired) electrons. The zero-order chi connectivity index (χ0) is 10.4. The molecule has 0 saturated heterocycles. The van der Waals surface area contributed by atoms with Gasteiger partial charge in [0.15, 0.2) is 0 Å². The average molecular weight is 277 g/mol. The van der Waals surface area contributed by atoms with Gasteiger partial charge in [-0.25, -0.2) is 0 Å². The van der Waals surface area contributed by atoms with Crippen LogP contribution >= 0.6 is 27.3 Å². The van der Waals surface area contributed by atoms with E-state index < -0.39 is 0 Å². The summed E-state index contributed by atoms with van der Waals surface area (Å²) < 4.78 is 1.18. The lowest BCUT2D eigenvalue weighted by Gasteiger charge is -2.10. The second-order valence-corrected chi connectivity index (χ2v) is 5.46. The van der Waals surface area contributed by atoms with Crippen LogP contribution in [0.3, 0.4) is 0 Å². The van der Waals surface area contributed by atoms with Crippen molar-refractivity contribution in [2.45, 2.75) is 19.9 Å². The van der Waals surface area contributed by atoms with Crippen molar-refractivity contribution < 1.29 is 0 Å². The van der Waals surface area contributed by atoms with E-state index in [-0.39, 0.29) is 0 Å². The molecule has 0 aliphatic rings. The first kappa shape index (κ1) is 12.2. The predicted molar refractivity (Wildman–Crippen MR) is 66.6 cm³/mol. The fraction of sp³-hybridized carbons (Fsp3) is 0.600. The lowest BCUT2D eigenvalue weighted by atomic mass is 10.1. The van der Waals surface area contributed by atoms with Crippen molar-refractivity contribution in [2.24, 2.45) is 11.7 Å². The maximum atomic E-state index is 5.48. The van der Waals surface area contributed by atoms with E-state index in [0.717, 1.165) is 26.1 Å². The molecule has 80 valence electrons. The minimum Gasteiger partial charge on any atom is -0.330 e. The van der Waals surface area contributed by atoms with Crippen LogP contribution in [0.4, 0.5) is 0 Å². The minimum absolute atomic E-state index is 0.670. The highest BCUT2D eigenvalue weighted by Crippen LogP contribution is 2.19. The summed E-state index contributed by atoms with van der Waals surface area (Å²) in [6.07, 6.45) is 1.10. The van der Waals surface area contributed by atoms with Crippen LogP contribution in [0.25, 0.3) is 0 Å². The zero-order valence-corrected chi connectivity index (χ0v) is 10.8. The van der Waals surface area contributed by atoms with Crippen molar-refractivity contribution >= 4 is 27.3 Å². The van der Waals surface area contributed by atoms with Crippen LogP contribution in [0.1, 0.15) is 18.2 Å². The largest absolute Gasteiger partial charge is 0.330 e. The lowest BCUT2D eigenvalue weighted by Crippen LogP contribution is -2.22. The molecule has 1 aromatic heterocycles. The van der Waals surface area contributed by atoms with Crippen molar-refractivity contribution in [1.29, 1.82) is 0 Å². The van der Waals surface area contributed by atoms with Crippen molar-refractivity contribution in [1.82, 2.24) is 5.32 Å². The van der Waals surface area contributed by atoms with Crippen LogP contribution in [-0.2, 0) is 6.54 Å². The Morgan fingerprint density at radius 2 is 2.43 bits per heavy atom. The van der Waals surface area contributed by atoms with Crippen molar-refractivity contribution in [3.8, 4) is 0 Å². The molecule has 3 N–H and O–H groups in total. The molecule has 0 fully saturated rings. The number of nitrogens with two attached hydrogens (primary N) is 1. The van der Waals surface area contributed by atoms with E-state index in [0.29, 0.717) is 5.92 Å². The van der Waals surface area contributed by atoms with Gasteiger partial charge in [-0.1, -0.05) is 6.92 Å². The van der Waals surface area contributed by atoms with Gasteiger partial charge in [0.2, 0.25) is 0 Å². The molecule has 1 heterocycles. The normalized spacial score (nSPS) is 13.1. The first-order valence-electron chi connectivity index (χ1n) is 4.86. The fourth-order valence-corrected chi connectivity index (χ4v) is 2.70. The summed E-state index contributed by atoms with van der Waals surface area (Å²) >= 11 is 5.22. The minimum atomic E-state index is 0.670. The van der Waals surface area contributed by atoms with Gasteiger partial charge in [0.1, 0.15) is 0 Å². The molecule has 0 spiro atoms. The fourth-order valence-electron chi connectivity index (χ4n) is 1.27. The summed E-state index contributed by atoms with van der Waals surface area (Å²) in [5, 5.41) is 5.55. The molecule has 0 saturated carbocycles. The van der Waals surface area contributed by atoms with E-state index in [9.17, 15) is 0 Å². The first-order chi connectivity index (χ1) is 6.72. The number of hydrogen-bond donors (Lipinski definition) is 2. The van der Waals surface area contributed by atoms with Crippen molar-refractivity contribution in [3.05, 3.63) is 20.8 Å². The monoisotopic (exact) mass is 276 g/mol. The van der Waals surface area contributed by atoms with Gasteiger partial charge in [-0.05, 0) is 47.4 Å². The number of nitrogens with one attached hydrogen (secondary N) is 1. The van der Waals surface area contributed by atoms with Gasteiger partial charge >= 0.3 is 0 Å². The molecule has 14 heavy (non-hydrogen) atoms. The quantitative estimate of drug-likeness (QED) is 0.838. The van der Waals surface area contributed by atoms with Gasteiger partial charge in [-0.15, -0.1) is 11.3 Å². The SMILES string of the molecule is CC(CCN)CNCc1cc(Br)cs1. The van der Waals surface area contributed by atoms with Crippen LogP contribution < -0.4 is 11.1 Å². The van der Waals surface area contributed by atoms with Crippen LogP contribution in [0, 0.1) is 5.92 Å². The van der Waals surface area contributed by atoms with E-state index in [1.807, 2.05) is 0 Å². The van der Waals surface area contributed by atoms with E-state index >= 15 is 0 Å². The van der Waals surface area contributed by atoms with Crippen LogP contribution in [-0.4, -0.2) is 13.1 Å². The average Bonchev–Trinajstić information content (AvgIpc) is 2.52. The smallest absolute Gasteiger partial charge is 0.0300 e. The molecular weight excluding hydrogens is 260 g/mol. The Balaban J connectivity index is 2.15. The summed E-state index contributed by atoms with van der Waals surface area (Å²) in [5.74, 6) is 0.670. The molecule has 0 aliphatic heterocycles. The summed E-state index contributed by atoms with van der Waals surface area (Å²) in [4.78, 5) is 1.37. The third-order valence-corrected chi connectivity index (χ3v) is 3.77. The summed E-state index contributed by atoms with van der Waals surface area (Å²) in [7, 11) is 0. The maximum absolute atomic E-state index is 5.48. The summed E-state index contributed by atoms with van der Waals surface area (Å²) in [5.41, 5.74) is 5.48. The molecule has 0 bridgehead atoms. The summed E-state index contributed by atoms with van der Waals surface area (Å²) in [6.45, 7) is 5.02. The third-order valence-electron chi connectivity index (χ3n) is 2.07. The standard InChI is InChI=1S/C10H17BrN2S/c1-8(2-3-12)5-13-6-10-4-9(11)7-14-10/h4,7-8,13H,2-3,5-6,12H2,1H3. The van der Waals surface area contributed by atoms with Crippen LogP contribution in [0.5, 0.6) is 0 Å². The van der Waals surface area contributed by atoms with Gasteiger partial charge < -0.3 is 11.1 Å². The van der Waals surface area contributed by atoms with Gasteiger partial charge in [-0.2, -0.15) is 0 Å². The molecule has 0 aromatic carbocycles. The van der Waals surface area contributed by atoms with E-state index in [1.54, 1.807) is 11.3 Å². The van der Waals surface area contributed by atoms with Crippen molar-refractivity contribution in [3.63, 3.8) is 0 Å². The van der Waals surface area contributed by atoms with Gasteiger partial charge in [0.05, 0.1) is 0 Å². The van der Waals surface area contributed by atoms with Gasteiger partial charge in [-0.3, -0.25) is 0 Å². The molecule has 0 amide bonds. The first-order valence-corrected chi connectivity index (χ1v) is 6.53. The highest BCUT2D eigenvalue weighted by atomic mass is 79.9. The topological polar surface area (TPSA) is 38.0 Å². The second kappa shape index (κ2) is 6.56. The molecule has 4 heteroatoms. The molecule has 1 aromatic rings. The predicted octanol–water partition coefficient (Wildman–Crippen LogP) is 2.59. The van der Waals surface area contributed by atoms with Crippen LogP contribution in [0.2, 0.25) is 0 Å². The Bertz CT molecular complexity index is 262. The summed E-state index contributed by atoms with van der Waals surface area (Å²) in [6, 6.07) is 2.16. The molecular formula is C10H17BrN2S. The Kier molecular flexibility index (Phi) is 5.70. The highest BCUT2D eigenvalue weighted by Gasteiger charge is 2.01. The Hall–Kier alpha value is 0.1000. The van der Waals surface area contributed by atoms with Crippen LogP contribution in [0.15, 0.2) is 15.9 Å². The van der Waals surface area contributed by atoms with E-state index in [4.69, 9.17) is 5.73 Å². The molecule has 1 rings (SSSR count). The molecule has 1 atom stereocenters. The van der Waals surface area contributed by atoms with Crippen molar-refractivity contribution in [2.75, 3.05) is 13.1 Å². The Morgan fingerprint density at radius 1 is 1.64 bits per heavy atom. The molecule has 0 aliphatic carbocycles. The zero-order valence-electron chi connectivity index (χ0n) is 8.42. The third kappa shape index (κ3) is 4.55. The molecule has 1 unspecified atom stereocenters. The maximum Gasteiger partial charge on any atom is 0.0300 e. The van der Waals surface area contributed by atoms with E-state index in [1.165, 1.54) is 9.35 Å². The number of thiophene rings is 1.